The molecule has 4 aromatic carbocycles. The van der Waals surface area contributed by atoms with Gasteiger partial charge in [-0.2, -0.15) is 0 Å². The summed E-state index contributed by atoms with van der Waals surface area (Å²) in [5.74, 6) is -0.650. The molecule has 0 atom stereocenters. The summed E-state index contributed by atoms with van der Waals surface area (Å²) < 4.78 is 0. The maximum absolute atomic E-state index is 13.4. The number of nitro groups is 1. The highest BCUT2D eigenvalue weighted by Crippen LogP contribution is 2.25. The molecule has 0 fully saturated rings. The molecule has 0 saturated carbocycles. The van der Waals surface area contributed by atoms with Gasteiger partial charge < -0.3 is 10.6 Å². The molecule has 0 unspecified atom stereocenters. The van der Waals surface area contributed by atoms with Gasteiger partial charge in [0.1, 0.15) is 0 Å². The molecule has 0 radical (unpaired) electrons. The molecule has 0 spiro atoms. The van der Waals surface area contributed by atoms with E-state index in [9.17, 15) is 19.7 Å². The summed E-state index contributed by atoms with van der Waals surface area (Å²) in [7, 11) is 0. The maximum atomic E-state index is 13.4. The van der Waals surface area contributed by atoms with Crippen LogP contribution in [-0.4, -0.2) is 16.7 Å². The number of benzene rings is 4. The first-order valence-corrected chi connectivity index (χ1v) is 12.4. The Morgan fingerprint density at radius 3 is 2.03 bits per heavy atom. The number of rotatable bonds is 7. The van der Waals surface area contributed by atoms with Gasteiger partial charge in [0.15, 0.2) is 0 Å². The SMILES string of the molecule is CC(C)(C)c1ccc(C(=O)Nc2cccc(NC(=O)/C(=C/c3cccc([N+](=O)[O-])c3)c3ccccc3)c2)cc1. The Balaban J connectivity index is 1.55. The molecule has 0 aromatic heterocycles. The monoisotopic (exact) mass is 519 g/mol. The number of hydrogen-bond donors (Lipinski definition) is 2. The molecule has 0 aliphatic carbocycles. The van der Waals surface area contributed by atoms with E-state index in [1.807, 2.05) is 30.3 Å². The Hall–Kier alpha value is -5.04. The van der Waals surface area contributed by atoms with Crippen molar-refractivity contribution in [3.05, 3.63) is 135 Å². The summed E-state index contributed by atoms with van der Waals surface area (Å²) in [6.45, 7) is 6.35. The third-order valence-electron chi connectivity index (χ3n) is 6.11. The summed E-state index contributed by atoms with van der Waals surface area (Å²) >= 11 is 0. The van der Waals surface area contributed by atoms with Gasteiger partial charge >= 0.3 is 0 Å². The second kappa shape index (κ2) is 11.6. The molecular weight excluding hydrogens is 490 g/mol. The fraction of sp³-hybridized carbons (Fsp3) is 0.125. The summed E-state index contributed by atoms with van der Waals surface area (Å²) in [5.41, 5.74) is 4.13. The Bertz CT molecular complexity index is 1540. The van der Waals surface area contributed by atoms with Gasteiger partial charge in [-0.05, 0) is 58.5 Å². The second-order valence-corrected chi connectivity index (χ2v) is 10.1. The first kappa shape index (κ1) is 27.0. The highest BCUT2D eigenvalue weighted by Gasteiger charge is 2.16. The summed E-state index contributed by atoms with van der Waals surface area (Å²) in [6.07, 6.45) is 1.62. The Morgan fingerprint density at radius 2 is 1.38 bits per heavy atom. The molecule has 7 nitrogen and oxygen atoms in total. The highest BCUT2D eigenvalue weighted by molar-refractivity contribution is 6.29. The van der Waals surface area contributed by atoms with Crippen LogP contribution in [0, 0.1) is 10.1 Å². The van der Waals surface area contributed by atoms with E-state index in [1.54, 1.807) is 66.7 Å². The molecule has 0 bridgehead atoms. The third-order valence-corrected chi connectivity index (χ3v) is 6.11. The lowest BCUT2D eigenvalue weighted by molar-refractivity contribution is -0.384. The number of amides is 2. The van der Waals surface area contributed by atoms with Crippen molar-refractivity contribution in [2.24, 2.45) is 0 Å². The van der Waals surface area contributed by atoms with Gasteiger partial charge in [-0.1, -0.05) is 81.4 Å². The second-order valence-electron chi connectivity index (χ2n) is 10.1. The van der Waals surface area contributed by atoms with E-state index >= 15 is 0 Å². The van der Waals surface area contributed by atoms with Gasteiger partial charge in [-0.3, -0.25) is 19.7 Å². The van der Waals surface area contributed by atoms with Crippen LogP contribution < -0.4 is 10.6 Å². The van der Waals surface area contributed by atoms with Crippen molar-refractivity contribution in [2.45, 2.75) is 26.2 Å². The number of non-ortho nitro benzene ring substituents is 1. The predicted molar refractivity (Wildman–Crippen MR) is 156 cm³/mol. The van der Waals surface area contributed by atoms with Crippen molar-refractivity contribution in [1.29, 1.82) is 0 Å². The number of carbonyl (C=O) groups is 2. The number of carbonyl (C=O) groups excluding carboxylic acids is 2. The Morgan fingerprint density at radius 1 is 0.744 bits per heavy atom. The molecule has 0 aliphatic heterocycles. The van der Waals surface area contributed by atoms with Crippen LogP contribution in [0.25, 0.3) is 11.6 Å². The van der Waals surface area contributed by atoms with Crippen LogP contribution >= 0.6 is 0 Å². The molecule has 0 saturated heterocycles. The first-order chi connectivity index (χ1) is 18.6. The van der Waals surface area contributed by atoms with E-state index in [-0.39, 0.29) is 17.0 Å². The van der Waals surface area contributed by atoms with E-state index < -0.39 is 10.8 Å². The van der Waals surface area contributed by atoms with Crippen molar-refractivity contribution in [1.82, 2.24) is 0 Å². The number of nitro benzene ring substituents is 1. The van der Waals surface area contributed by atoms with Crippen LogP contribution in [-0.2, 0) is 10.2 Å². The summed E-state index contributed by atoms with van der Waals surface area (Å²) in [6, 6.07) is 29.5. The number of nitrogens with one attached hydrogen (secondary N) is 2. The van der Waals surface area contributed by atoms with Gasteiger partial charge in [0.05, 0.1) is 4.92 Å². The summed E-state index contributed by atoms with van der Waals surface area (Å²) in [4.78, 5) is 37.0. The van der Waals surface area contributed by atoms with Crippen LogP contribution in [0.4, 0.5) is 17.1 Å². The molecular formula is C32H29N3O4. The third kappa shape index (κ3) is 7.05. The summed E-state index contributed by atoms with van der Waals surface area (Å²) in [5, 5.41) is 17.0. The van der Waals surface area contributed by atoms with E-state index in [0.717, 1.165) is 5.56 Å². The lowest BCUT2D eigenvalue weighted by Gasteiger charge is -2.19. The predicted octanol–water partition coefficient (Wildman–Crippen LogP) is 7.32. The van der Waals surface area contributed by atoms with E-state index in [2.05, 4.69) is 31.4 Å². The zero-order valence-electron chi connectivity index (χ0n) is 22.0. The van der Waals surface area contributed by atoms with Crippen LogP contribution in [0.3, 0.4) is 0 Å². The average Bonchev–Trinajstić information content (AvgIpc) is 2.92. The van der Waals surface area contributed by atoms with Crippen LogP contribution in [0.2, 0.25) is 0 Å². The lowest BCUT2D eigenvalue weighted by Crippen LogP contribution is -2.15. The lowest BCUT2D eigenvalue weighted by atomic mass is 9.87. The Kier molecular flexibility index (Phi) is 8.01. The highest BCUT2D eigenvalue weighted by atomic mass is 16.6. The average molecular weight is 520 g/mol. The van der Waals surface area contributed by atoms with Gasteiger partial charge in [0.25, 0.3) is 17.5 Å². The van der Waals surface area contributed by atoms with Crippen molar-refractivity contribution in [3.63, 3.8) is 0 Å². The van der Waals surface area contributed by atoms with Crippen molar-refractivity contribution in [2.75, 3.05) is 10.6 Å². The normalized spacial score (nSPS) is 11.5. The molecule has 4 aromatic rings. The van der Waals surface area contributed by atoms with Crippen LogP contribution in [0.5, 0.6) is 0 Å². The molecule has 2 amide bonds. The van der Waals surface area contributed by atoms with Gasteiger partial charge in [-0.25, -0.2) is 0 Å². The number of nitrogens with zero attached hydrogens (tertiary/aromatic N) is 1. The van der Waals surface area contributed by atoms with E-state index in [4.69, 9.17) is 0 Å². The molecule has 196 valence electrons. The molecule has 0 heterocycles. The molecule has 0 aliphatic rings. The fourth-order valence-electron chi connectivity index (χ4n) is 3.99. The molecule has 2 N–H and O–H groups in total. The molecule has 7 heteroatoms. The minimum Gasteiger partial charge on any atom is -0.322 e. The minimum atomic E-state index is -0.474. The smallest absolute Gasteiger partial charge is 0.270 e. The van der Waals surface area contributed by atoms with Gasteiger partial charge in [0.2, 0.25) is 0 Å². The molecule has 4 rings (SSSR count). The quantitative estimate of drug-likeness (QED) is 0.116. The fourth-order valence-corrected chi connectivity index (χ4v) is 3.99. The molecule has 39 heavy (non-hydrogen) atoms. The van der Waals surface area contributed by atoms with Crippen molar-refractivity contribution >= 4 is 40.5 Å². The van der Waals surface area contributed by atoms with E-state index in [1.165, 1.54) is 12.1 Å². The van der Waals surface area contributed by atoms with Gasteiger partial charge in [-0.15, -0.1) is 0 Å². The zero-order valence-corrected chi connectivity index (χ0v) is 22.0. The standard InChI is InChI=1S/C32H29N3O4/c1-32(2,3)25-17-15-24(16-18-25)30(36)33-26-12-8-13-27(21-26)34-31(37)29(23-10-5-4-6-11-23)20-22-9-7-14-28(19-22)35(38)39/h4-21H,1-3H3,(H,33,36)(H,34,37)/b29-20+. The van der Waals surface area contributed by atoms with Crippen LogP contribution in [0.1, 0.15) is 47.8 Å². The minimum absolute atomic E-state index is 0.0101. The first-order valence-electron chi connectivity index (χ1n) is 12.4. The number of hydrogen-bond acceptors (Lipinski definition) is 4. The number of anilines is 2. The van der Waals surface area contributed by atoms with Crippen molar-refractivity contribution in [3.8, 4) is 0 Å². The van der Waals surface area contributed by atoms with Gasteiger partial charge in [0, 0.05) is 34.6 Å². The van der Waals surface area contributed by atoms with Crippen molar-refractivity contribution < 1.29 is 14.5 Å². The zero-order chi connectivity index (χ0) is 28.0. The largest absolute Gasteiger partial charge is 0.322 e. The topological polar surface area (TPSA) is 101 Å². The van der Waals surface area contributed by atoms with Crippen LogP contribution in [0.15, 0.2) is 103 Å². The maximum Gasteiger partial charge on any atom is 0.270 e. The van der Waals surface area contributed by atoms with E-state index in [0.29, 0.717) is 33.6 Å². The Labute approximate surface area is 227 Å².